The molecule has 0 spiro atoms. The van der Waals surface area contributed by atoms with E-state index in [0.717, 1.165) is 5.56 Å². The lowest BCUT2D eigenvalue weighted by atomic mass is 10.1. The number of carbonyl (C=O) groups is 1. The predicted octanol–water partition coefficient (Wildman–Crippen LogP) is 3.21. The van der Waals surface area contributed by atoms with Gasteiger partial charge in [-0.25, -0.2) is 4.39 Å². The summed E-state index contributed by atoms with van der Waals surface area (Å²) in [6.07, 6.45) is 0. The molecule has 104 valence electrons. The molecule has 3 nitrogen and oxygen atoms in total. The topological polar surface area (TPSA) is 46.3 Å². The predicted molar refractivity (Wildman–Crippen MR) is 78.5 cm³/mol. The Bertz CT molecular complexity index is 646. The van der Waals surface area contributed by atoms with Crippen LogP contribution in [0, 0.1) is 5.82 Å². The maximum absolute atomic E-state index is 13.7. The number of nitrogens with two attached hydrogens (primary N) is 1. The van der Waals surface area contributed by atoms with Gasteiger partial charge in [0.05, 0.1) is 5.56 Å². The fraction of sp³-hybridized carbons (Fsp3) is 0.133. The van der Waals surface area contributed by atoms with Crippen molar-refractivity contribution in [1.82, 2.24) is 0 Å². The van der Waals surface area contributed by atoms with E-state index in [1.807, 2.05) is 6.07 Å². The first-order valence-electron chi connectivity index (χ1n) is 6.05. The number of nitrogens with zero attached hydrogens (tertiary/aromatic N) is 1. The lowest BCUT2D eigenvalue weighted by Gasteiger charge is -2.18. The van der Waals surface area contributed by atoms with Crippen molar-refractivity contribution >= 4 is 23.2 Å². The highest BCUT2D eigenvalue weighted by Crippen LogP contribution is 2.21. The first-order valence-corrected chi connectivity index (χ1v) is 6.43. The summed E-state index contributed by atoms with van der Waals surface area (Å²) in [5, 5.41) is 0.318. The van der Waals surface area contributed by atoms with Crippen LogP contribution in [0.2, 0.25) is 5.02 Å². The van der Waals surface area contributed by atoms with E-state index >= 15 is 0 Å². The van der Waals surface area contributed by atoms with Crippen molar-refractivity contribution in [1.29, 1.82) is 0 Å². The molecule has 2 N–H and O–H groups in total. The minimum Gasteiger partial charge on any atom is -0.326 e. The maximum atomic E-state index is 13.7. The second-order valence-corrected chi connectivity index (χ2v) is 4.80. The Morgan fingerprint density at radius 2 is 2.05 bits per heavy atom. The van der Waals surface area contributed by atoms with E-state index in [0.29, 0.717) is 17.3 Å². The van der Waals surface area contributed by atoms with E-state index in [2.05, 4.69) is 0 Å². The molecule has 0 atom stereocenters. The second-order valence-electron chi connectivity index (χ2n) is 4.36. The third-order valence-corrected chi connectivity index (χ3v) is 3.23. The highest BCUT2D eigenvalue weighted by Gasteiger charge is 2.18. The molecule has 0 radical (unpaired) electrons. The fourth-order valence-corrected chi connectivity index (χ4v) is 2.02. The number of hydrogen-bond donors (Lipinski definition) is 1. The Hall–Kier alpha value is -1.91. The van der Waals surface area contributed by atoms with Crippen molar-refractivity contribution in [2.75, 3.05) is 11.9 Å². The lowest BCUT2D eigenvalue weighted by Crippen LogP contribution is -2.27. The molecule has 2 aromatic rings. The van der Waals surface area contributed by atoms with Crippen molar-refractivity contribution in [3.05, 3.63) is 64.4 Å². The fourth-order valence-electron chi connectivity index (χ4n) is 1.85. The van der Waals surface area contributed by atoms with E-state index in [4.69, 9.17) is 17.3 Å². The SMILES string of the molecule is CN(C(=O)c1cc(Cl)ccc1F)c1cccc(CN)c1. The van der Waals surface area contributed by atoms with E-state index in [1.165, 1.54) is 23.1 Å². The summed E-state index contributed by atoms with van der Waals surface area (Å²) in [7, 11) is 1.58. The molecule has 0 aliphatic heterocycles. The van der Waals surface area contributed by atoms with Gasteiger partial charge < -0.3 is 10.6 Å². The summed E-state index contributed by atoms with van der Waals surface area (Å²) in [6, 6.07) is 11.1. The minimum atomic E-state index is -0.596. The summed E-state index contributed by atoms with van der Waals surface area (Å²) >= 11 is 5.81. The molecule has 0 heterocycles. The molecule has 5 heteroatoms. The van der Waals surface area contributed by atoms with Crippen molar-refractivity contribution in [2.45, 2.75) is 6.54 Å². The average molecular weight is 293 g/mol. The molecule has 0 aromatic heterocycles. The Kier molecular flexibility index (Phi) is 4.37. The molecular weight excluding hydrogens is 279 g/mol. The Morgan fingerprint density at radius 1 is 1.30 bits per heavy atom. The third kappa shape index (κ3) is 2.98. The normalized spacial score (nSPS) is 10.4. The number of benzene rings is 2. The number of halogens is 2. The summed E-state index contributed by atoms with van der Waals surface area (Å²) in [5.74, 6) is -1.06. The van der Waals surface area contributed by atoms with Crippen LogP contribution in [0.1, 0.15) is 15.9 Å². The monoisotopic (exact) mass is 292 g/mol. The van der Waals surface area contributed by atoms with Gasteiger partial charge >= 0.3 is 0 Å². The van der Waals surface area contributed by atoms with Crippen molar-refractivity contribution < 1.29 is 9.18 Å². The zero-order valence-corrected chi connectivity index (χ0v) is 11.7. The third-order valence-electron chi connectivity index (χ3n) is 3.00. The van der Waals surface area contributed by atoms with E-state index in [9.17, 15) is 9.18 Å². The zero-order chi connectivity index (χ0) is 14.7. The van der Waals surface area contributed by atoms with Crippen LogP contribution in [0.15, 0.2) is 42.5 Å². The molecule has 0 unspecified atom stereocenters. The van der Waals surface area contributed by atoms with Crippen LogP contribution in [-0.2, 0) is 6.54 Å². The van der Waals surface area contributed by atoms with Crippen LogP contribution in [0.4, 0.5) is 10.1 Å². The number of carbonyl (C=O) groups excluding carboxylic acids is 1. The molecule has 2 rings (SSSR count). The molecule has 0 saturated heterocycles. The van der Waals surface area contributed by atoms with Crippen LogP contribution in [0.5, 0.6) is 0 Å². The largest absolute Gasteiger partial charge is 0.326 e. The summed E-state index contributed by atoms with van der Waals surface area (Å²) in [6.45, 7) is 0.376. The van der Waals surface area contributed by atoms with E-state index in [1.54, 1.807) is 25.2 Å². The molecule has 0 aliphatic carbocycles. The molecule has 1 amide bonds. The van der Waals surface area contributed by atoms with Gasteiger partial charge in [-0.15, -0.1) is 0 Å². The highest BCUT2D eigenvalue weighted by atomic mass is 35.5. The summed E-state index contributed by atoms with van der Waals surface area (Å²) in [5.41, 5.74) is 7.06. The van der Waals surface area contributed by atoms with Gasteiger partial charge in [-0.05, 0) is 35.9 Å². The van der Waals surface area contributed by atoms with Crippen molar-refractivity contribution in [3.8, 4) is 0 Å². The Labute approximate surface area is 121 Å². The van der Waals surface area contributed by atoms with Crippen molar-refractivity contribution in [3.63, 3.8) is 0 Å². The van der Waals surface area contributed by atoms with Crippen molar-refractivity contribution in [2.24, 2.45) is 5.73 Å². The Morgan fingerprint density at radius 3 is 2.75 bits per heavy atom. The van der Waals surface area contributed by atoms with Crippen LogP contribution < -0.4 is 10.6 Å². The van der Waals surface area contributed by atoms with Gasteiger partial charge in [0, 0.05) is 24.3 Å². The summed E-state index contributed by atoms with van der Waals surface area (Å²) < 4.78 is 13.7. The Balaban J connectivity index is 2.34. The van der Waals surface area contributed by atoms with Gasteiger partial charge in [-0.3, -0.25) is 4.79 Å². The van der Waals surface area contributed by atoms with Gasteiger partial charge in [0.1, 0.15) is 5.82 Å². The minimum absolute atomic E-state index is 0.0573. The number of hydrogen-bond acceptors (Lipinski definition) is 2. The summed E-state index contributed by atoms with van der Waals surface area (Å²) in [4.78, 5) is 13.7. The van der Waals surface area contributed by atoms with Crippen LogP contribution in [0.3, 0.4) is 0 Å². The van der Waals surface area contributed by atoms with Crippen LogP contribution in [-0.4, -0.2) is 13.0 Å². The average Bonchev–Trinajstić information content (AvgIpc) is 2.48. The molecule has 0 saturated carbocycles. The molecule has 2 aromatic carbocycles. The second kappa shape index (κ2) is 6.03. The maximum Gasteiger partial charge on any atom is 0.261 e. The molecule has 20 heavy (non-hydrogen) atoms. The zero-order valence-electron chi connectivity index (χ0n) is 10.9. The van der Waals surface area contributed by atoms with Gasteiger partial charge in [0.15, 0.2) is 0 Å². The molecule has 0 fully saturated rings. The standard InChI is InChI=1S/C15H14ClFN2O/c1-19(12-4-2-3-10(7-12)9-18)15(20)13-8-11(16)5-6-14(13)17/h2-8H,9,18H2,1H3. The molecule has 0 aliphatic rings. The van der Waals surface area contributed by atoms with Gasteiger partial charge in [-0.2, -0.15) is 0 Å². The molecular formula is C15H14ClFN2O. The smallest absolute Gasteiger partial charge is 0.261 e. The van der Waals surface area contributed by atoms with Gasteiger partial charge in [0.2, 0.25) is 0 Å². The molecule has 0 bridgehead atoms. The van der Waals surface area contributed by atoms with E-state index < -0.39 is 11.7 Å². The first kappa shape index (κ1) is 14.5. The number of amides is 1. The van der Waals surface area contributed by atoms with E-state index in [-0.39, 0.29) is 5.56 Å². The van der Waals surface area contributed by atoms with Gasteiger partial charge in [0.25, 0.3) is 5.91 Å². The quantitative estimate of drug-likeness (QED) is 0.944. The number of rotatable bonds is 3. The highest BCUT2D eigenvalue weighted by molar-refractivity contribution is 6.31. The first-order chi connectivity index (χ1) is 9.52. The van der Waals surface area contributed by atoms with Crippen LogP contribution in [0.25, 0.3) is 0 Å². The van der Waals surface area contributed by atoms with Gasteiger partial charge in [-0.1, -0.05) is 23.7 Å². The van der Waals surface area contributed by atoms with Crippen LogP contribution >= 0.6 is 11.6 Å². The number of anilines is 1. The lowest BCUT2D eigenvalue weighted by molar-refractivity contribution is 0.0989.